The molecule has 9 heteroatoms. The number of carboxylic acids is 1. The number of carboxylic acid groups (broad SMARTS) is 1. The molecule has 0 aromatic carbocycles. The molecule has 0 aliphatic carbocycles. The Kier molecular flexibility index (Phi) is 12.0. The molecular weight excluding hydrogens is 480 g/mol. The number of carbonyl (C=O) groups is 1. The van der Waals surface area contributed by atoms with Crippen molar-refractivity contribution in [3.8, 4) is 0 Å². The maximum atomic E-state index is 11.9. The van der Waals surface area contributed by atoms with Gasteiger partial charge in [0.15, 0.2) is 5.96 Å². The van der Waals surface area contributed by atoms with Crippen LogP contribution < -0.4 is 21.9 Å². The highest BCUT2D eigenvalue weighted by Crippen LogP contribution is 2.27. The summed E-state index contributed by atoms with van der Waals surface area (Å²) in [5, 5.41) is 16.4. The largest absolute Gasteiger partial charge is 0.478 e. The number of guanidine groups is 1. The van der Waals surface area contributed by atoms with Gasteiger partial charge in [-0.2, -0.15) is 0 Å². The number of aromatic amines is 2. The third-order valence-corrected chi connectivity index (χ3v) is 7.25. The Morgan fingerprint density at radius 2 is 1.97 bits per heavy atom. The van der Waals surface area contributed by atoms with Crippen molar-refractivity contribution < 1.29 is 9.90 Å². The number of aromatic nitrogens is 2. The first-order valence-corrected chi connectivity index (χ1v) is 14.0. The predicted octanol–water partition coefficient (Wildman–Crippen LogP) is 4.56. The number of anilines is 1. The zero-order valence-corrected chi connectivity index (χ0v) is 22.5. The first kappa shape index (κ1) is 29.1. The third kappa shape index (κ3) is 10.1. The van der Waals surface area contributed by atoms with Crippen molar-refractivity contribution in [3.63, 3.8) is 0 Å². The van der Waals surface area contributed by atoms with Gasteiger partial charge in [-0.25, -0.2) is 4.79 Å². The van der Waals surface area contributed by atoms with E-state index in [1.54, 1.807) is 6.07 Å². The average molecular weight is 525 g/mol. The number of nitrogens with two attached hydrogens (primary N) is 1. The van der Waals surface area contributed by atoms with E-state index >= 15 is 0 Å². The van der Waals surface area contributed by atoms with Crippen LogP contribution in [0, 0.1) is 5.92 Å². The highest BCUT2D eigenvalue weighted by molar-refractivity contribution is 5.83. The van der Waals surface area contributed by atoms with Crippen LogP contribution in [0.15, 0.2) is 58.1 Å². The summed E-state index contributed by atoms with van der Waals surface area (Å²) in [6.45, 7) is 2.79. The van der Waals surface area contributed by atoms with Crippen molar-refractivity contribution in [3.05, 3.63) is 64.2 Å². The Morgan fingerprint density at radius 1 is 1.16 bits per heavy atom. The van der Waals surface area contributed by atoms with E-state index in [9.17, 15) is 14.7 Å². The number of unbranched alkanes of at least 4 members (excludes halogenated alkanes) is 5. The molecule has 2 aromatic rings. The first-order chi connectivity index (χ1) is 18.4. The van der Waals surface area contributed by atoms with Crippen molar-refractivity contribution >= 4 is 17.7 Å². The van der Waals surface area contributed by atoms with Gasteiger partial charge in [0.1, 0.15) is 5.82 Å². The second-order valence-corrected chi connectivity index (χ2v) is 10.3. The van der Waals surface area contributed by atoms with Crippen LogP contribution >= 0.6 is 0 Å². The van der Waals surface area contributed by atoms with Crippen LogP contribution in [-0.4, -0.2) is 45.6 Å². The SMILES string of the molecule is CCCCCCCCC(CCC(Nc1ccc[nH]1)C(=CC(=O)O)C1CCN=C(N)N1)Cc1ccc(=O)[nH]c1. The van der Waals surface area contributed by atoms with Crippen molar-refractivity contribution in [2.45, 2.75) is 89.6 Å². The minimum Gasteiger partial charge on any atom is -0.478 e. The fraction of sp³-hybridized carbons (Fsp3) is 0.552. The normalized spacial score (nSPS) is 17.3. The van der Waals surface area contributed by atoms with Crippen LogP contribution in [0.1, 0.15) is 76.7 Å². The van der Waals surface area contributed by atoms with Gasteiger partial charge in [-0.05, 0) is 54.9 Å². The Morgan fingerprint density at radius 3 is 2.66 bits per heavy atom. The molecule has 0 saturated heterocycles. The topological polar surface area (TPSA) is 148 Å². The fourth-order valence-electron chi connectivity index (χ4n) is 5.24. The monoisotopic (exact) mass is 524 g/mol. The Balaban J connectivity index is 1.75. The van der Waals surface area contributed by atoms with Crippen molar-refractivity contribution in [2.75, 3.05) is 11.9 Å². The van der Waals surface area contributed by atoms with E-state index < -0.39 is 5.97 Å². The van der Waals surface area contributed by atoms with Gasteiger partial charge in [-0.1, -0.05) is 57.9 Å². The zero-order chi connectivity index (χ0) is 27.2. The van der Waals surface area contributed by atoms with E-state index in [1.807, 2.05) is 30.6 Å². The van der Waals surface area contributed by atoms with Gasteiger partial charge in [-0.3, -0.25) is 9.79 Å². The Hall–Kier alpha value is -3.49. The van der Waals surface area contributed by atoms with Gasteiger partial charge < -0.3 is 31.4 Å². The lowest BCUT2D eigenvalue weighted by Crippen LogP contribution is -2.48. The predicted molar refractivity (Wildman–Crippen MR) is 153 cm³/mol. The van der Waals surface area contributed by atoms with Gasteiger partial charge in [0, 0.05) is 31.1 Å². The molecular formula is C29H44N6O3. The molecule has 38 heavy (non-hydrogen) atoms. The van der Waals surface area contributed by atoms with Crippen molar-refractivity contribution in [2.24, 2.45) is 16.6 Å². The first-order valence-electron chi connectivity index (χ1n) is 14.0. The number of aliphatic carboxylic acids is 1. The number of nitrogens with zero attached hydrogens (tertiary/aromatic N) is 1. The molecule has 3 rings (SSSR count). The van der Waals surface area contributed by atoms with Crippen LogP contribution in [0.25, 0.3) is 0 Å². The summed E-state index contributed by atoms with van der Waals surface area (Å²) in [5.41, 5.74) is 7.75. The molecule has 0 saturated carbocycles. The molecule has 9 nitrogen and oxygen atoms in total. The maximum Gasteiger partial charge on any atom is 0.328 e. The lowest BCUT2D eigenvalue weighted by Gasteiger charge is -2.32. The average Bonchev–Trinajstić information content (AvgIpc) is 3.41. The van der Waals surface area contributed by atoms with Crippen molar-refractivity contribution in [1.29, 1.82) is 0 Å². The summed E-state index contributed by atoms with van der Waals surface area (Å²) in [6.07, 6.45) is 16.8. The lowest BCUT2D eigenvalue weighted by atomic mass is 9.85. The van der Waals surface area contributed by atoms with Gasteiger partial charge in [0.25, 0.3) is 0 Å². The van der Waals surface area contributed by atoms with Crippen LogP contribution in [0.5, 0.6) is 0 Å². The van der Waals surface area contributed by atoms with Gasteiger partial charge in [0.05, 0.1) is 12.1 Å². The van der Waals surface area contributed by atoms with Gasteiger partial charge in [-0.15, -0.1) is 0 Å². The summed E-state index contributed by atoms with van der Waals surface area (Å²) in [5.74, 6) is 0.627. The molecule has 0 amide bonds. The third-order valence-electron chi connectivity index (χ3n) is 7.25. The second-order valence-electron chi connectivity index (χ2n) is 10.3. The van der Waals surface area contributed by atoms with E-state index in [4.69, 9.17) is 5.73 Å². The summed E-state index contributed by atoms with van der Waals surface area (Å²) in [6, 6.07) is 6.96. The summed E-state index contributed by atoms with van der Waals surface area (Å²) in [4.78, 5) is 33.6. The molecule has 208 valence electrons. The highest BCUT2D eigenvalue weighted by Gasteiger charge is 2.27. The molecule has 0 spiro atoms. The number of pyridine rings is 1. The summed E-state index contributed by atoms with van der Waals surface area (Å²) in [7, 11) is 0. The molecule has 0 radical (unpaired) electrons. The number of hydrogen-bond donors (Lipinski definition) is 6. The van der Waals surface area contributed by atoms with Crippen molar-refractivity contribution in [1.82, 2.24) is 15.3 Å². The number of hydrogen-bond acceptors (Lipinski definition) is 6. The molecule has 3 heterocycles. The summed E-state index contributed by atoms with van der Waals surface area (Å²) >= 11 is 0. The van der Waals surface area contributed by atoms with Crippen LogP contribution in [-0.2, 0) is 11.2 Å². The molecule has 1 aliphatic rings. The highest BCUT2D eigenvalue weighted by atomic mass is 16.4. The van der Waals surface area contributed by atoms with E-state index in [0.717, 1.165) is 42.6 Å². The molecule has 0 fully saturated rings. The molecule has 0 bridgehead atoms. The number of H-pyrrole nitrogens is 2. The second kappa shape index (κ2) is 15.7. The quantitative estimate of drug-likeness (QED) is 0.132. The van der Waals surface area contributed by atoms with Crippen LogP contribution in [0.2, 0.25) is 0 Å². The van der Waals surface area contributed by atoms with E-state index in [-0.39, 0.29) is 17.6 Å². The molecule has 2 aromatic heterocycles. The lowest BCUT2D eigenvalue weighted by molar-refractivity contribution is -0.131. The minimum atomic E-state index is -0.974. The molecule has 1 aliphatic heterocycles. The smallest absolute Gasteiger partial charge is 0.328 e. The van der Waals surface area contributed by atoms with Crippen LogP contribution in [0.4, 0.5) is 5.82 Å². The minimum absolute atomic E-state index is 0.0947. The standard InChI is InChI=1S/C29H44N6O3/c1-2-3-4-5-6-7-9-21(18-22-12-14-27(36)33-20-22)11-13-24(34-26-10-8-16-31-26)23(19-28(37)38)25-15-17-32-29(30)35-25/h8,10,12,14,16,19-21,24-25,31,34H,2-7,9,11,13,15,17-18H2,1H3,(H,33,36)(H,37,38)(H3,30,32,35). The van der Waals surface area contributed by atoms with E-state index in [0.29, 0.717) is 24.8 Å². The molecule has 7 N–H and O–H groups in total. The number of rotatable bonds is 17. The maximum absolute atomic E-state index is 11.9. The fourth-order valence-corrected chi connectivity index (χ4v) is 5.24. The Bertz CT molecular complexity index is 1070. The number of nitrogens with one attached hydrogen (secondary N) is 4. The Labute approximate surface area is 225 Å². The molecule has 3 unspecified atom stereocenters. The zero-order valence-electron chi connectivity index (χ0n) is 22.5. The molecule has 3 atom stereocenters. The van der Waals surface area contributed by atoms with E-state index in [1.165, 1.54) is 44.6 Å². The van der Waals surface area contributed by atoms with Crippen LogP contribution in [0.3, 0.4) is 0 Å². The number of aliphatic imine (C=N–C) groups is 1. The summed E-state index contributed by atoms with van der Waals surface area (Å²) < 4.78 is 0. The van der Waals surface area contributed by atoms with Gasteiger partial charge in [0.2, 0.25) is 5.56 Å². The van der Waals surface area contributed by atoms with Gasteiger partial charge >= 0.3 is 5.97 Å². The van der Waals surface area contributed by atoms with E-state index in [2.05, 4.69) is 32.5 Å².